The summed E-state index contributed by atoms with van der Waals surface area (Å²) < 4.78 is 5.01. The fourth-order valence-electron chi connectivity index (χ4n) is 2.22. The van der Waals surface area contributed by atoms with Crippen LogP contribution in [0.1, 0.15) is 33.1 Å². The van der Waals surface area contributed by atoms with Gasteiger partial charge in [-0.3, -0.25) is 0 Å². The van der Waals surface area contributed by atoms with Gasteiger partial charge in [0.15, 0.2) is 0 Å². The van der Waals surface area contributed by atoms with Crippen molar-refractivity contribution >= 4 is 6.09 Å². The van der Waals surface area contributed by atoms with E-state index in [-0.39, 0.29) is 12.7 Å². The summed E-state index contributed by atoms with van der Waals surface area (Å²) in [4.78, 5) is 13.2. The number of aliphatic hydroxyl groups is 1. The smallest absolute Gasteiger partial charge is 0.409 e. The van der Waals surface area contributed by atoms with E-state index in [4.69, 9.17) is 4.74 Å². The highest BCUT2D eigenvalue weighted by atomic mass is 16.6. The highest BCUT2D eigenvalue weighted by molar-refractivity contribution is 5.69. The van der Waals surface area contributed by atoms with Crippen molar-refractivity contribution in [2.75, 3.05) is 19.7 Å². The molecule has 15 heavy (non-hydrogen) atoms. The maximum atomic E-state index is 11.5. The topological polar surface area (TPSA) is 49.8 Å². The summed E-state index contributed by atoms with van der Waals surface area (Å²) in [6, 6.07) is 0. The molecule has 86 valence electrons. The SMILES string of the molecule is CC(C)(O)COC(=O)N1CC2(CCC2)C1. The van der Waals surface area contributed by atoms with E-state index >= 15 is 0 Å². The summed E-state index contributed by atoms with van der Waals surface area (Å²) in [6.45, 7) is 5.01. The lowest BCUT2D eigenvalue weighted by Gasteiger charge is -2.55. The average molecular weight is 213 g/mol. The van der Waals surface area contributed by atoms with Crippen LogP contribution in [0.3, 0.4) is 0 Å². The van der Waals surface area contributed by atoms with Crippen LogP contribution in [0.15, 0.2) is 0 Å². The number of likely N-dealkylation sites (tertiary alicyclic amines) is 1. The van der Waals surface area contributed by atoms with E-state index in [2.05, 4.69) is 0 Å². The molecule has 2 fully saturated rings. The first-order valence-electron chi connectivity index (χ1n) is 5.54. The van der Waals surface area contributed by atoms with Gasteiger partial charge in [-0.05, 0) is 26.7 Å². The largest absolute Gasteiger partial charge is 0.446 e. The number of hydrogen-bond donors (Lipinski definition) is 1. The number of hydrogen-bond acceptors (Lipinski definition) is 3. The fourth-order valence-corrected chi connectivity index (χ4v) is 2.22. The van der Waals surface area contributed by atoms with E-state index in [1.807, 2.05) is 0 Å². The molecule has 4 nitrogen and oxygen atoms in total. The van der Waals surface area contributed by atoms with Crippen LogP contribution >= 0.6 is 0 Å². The highest BCUT2D eigenvalue weighted by Crippen LogP contribution is 2.48. The summed E-state index contributed by atoms with van der Waals surface area (Å²) in [5.41, 5.74) is -0.498. The maximum absolute atomic E-state index is 11.5. The van der Waals surface area contributed by atoms with Crippen LogP contribution < -0.4 is 0 Å². The molecule has 1 heterocycles. The van der Waals surface area contributed by atoms with E-state index in [9.17, 15) is 9.90 Å². The van der Waals surface area contributed by atoms with Crippen molar-refractivity contribution in [3.63, 3.8) is 0 Å². The molecule has 4 heteroatoms. The third kappa shape index (κ3) is 2.25. The van der Waals surface area contributed by atoms with E-state index in [1.54, 1.807) is 18.7 Å². The van der Waals surface area contributed by atoms with Crippen LogP contribution in [0.5, 0.6) is 0 Å². The molecule has 1 saturated carbocycles. The quantitative estimate of drug-likeness (QED) is 0.754. The van der Waals surface area contributed by atoms with Gasteiger partial charge in [0.2, 0.25) is 0 Å². The van der Waals surface area contributed by atoms with Crippen molar-refractivity contribution in [1.29, 1.82) is 0 Å². The molecule has 1 aliphatic heterocycles. The van der Waals surface area contributed by atoms with Gasteiger partial charge in [-0.1, -0.05) is 6.42 Å². The molecule has 2 rings (SSSR count). The zero-order chi connectivity index (χ0) is 11.1. The predicted octanol–water partition coefficient (Wildman–Crippen LogP) is 1.38. The number of carbonyl (C=O) groups excluding carboxylic acids is 1. The molecule has 1 spiro atoms. The van der Waals surface area contributed by atoms with Gasteiger partial charge in [0.05, 0.1) is 5.60 Å². The molecule has 0 aromatic heterocycles. The zero-order valence-corrected chi connectivity index (χ0v) is 9.45. The fraction of sp³-hybridized carbons (Fsp3) is 0.909. The Morgan fingerprint density at radius 1 is 1.47 bits per heavy atom. The highest BCUT2D eigenvalue weighted by Gasteiger charge is 2.49. The molecule has 0 aromatic rings. The van der Waals surface area contributed by atoms with Gasteiger partial charge in [-0.2, -0.15) is 0 Å². The Morgan fingerprint density at radius 2 is 2.07 bits per heavy atom. The summed E-state index contributed by atoms with van der Waals surface area (Å²) in [7, 11) is 0. The van der Waals surface area contributed by atoms with Crippen LogP contribution in [-0.4, -0.2) is 41.4 Å². The van der Waals surface area contributed by atoms with Crippen molar-refractivity contribution in [1.82, 2.24) is 4.90 Å². The summed E-state index contributed by atoms with van der Waals surface area (Å²) in [5, 5.41) is 9.40. The Labute approximate surface area is 90.2 Å². The minimum Gasteiger partial charge on any atom is -0.446 e. The molecule has 1 aliphatic carbocycles. The van der Waals surface area contributed by atoms with Crippen molar-refractivity contribution in [2.24, 2.45) is 5.41 Å². The monoisotopic (exact) mass is 213 g/mol. The number of amides is 1. The number of ether oxygens (including phenoxy) is 1. The predicted molar refractivity (Wildman–Crippen MR) is 55.5 cm³/mol. The lowest BCUT2D eigenvalue weighted by Crippen LogP contribution is -2.61. The Hall–Kier alpha value is -0.770. The van der Waals surface area contributed by atoms with Crippen LogP contribution in [0.4, 0.5) is 4.79 Å². The molecule has 1 saturated heterocycles. The van der Waals surface area contributed by atoms with Gasteiger partial charge < -0.3 is 14.7 Å². The van der Waals surface area contributed by atoms with Gasteiger partial charge >= 0.3 is 6.09 Å². The Kier molecular flexibility index (Phi) is 2.41. The summed E-state index contributed by atoms with van der Waals surface area (Å²) in [6.07, 6.45) is 3.52. The summed E-state index contributed by atoms with van der Waals surface area (Å²) in [5.74, 6) is 0. The normalized spacial score (nSPS) is 23.3. The third-order valence-corrected chi connectivity index (χ3v) is 3.27. The van der Waals surface area contributed by atoms with Gasteiger partial charge in [0.1, 0.15) is 6.61 Å². The van der Waals surface area contributed by atoms with Gasteiger partial charge in [0, 0.05) is 18.5 Å². The first-order valence-corrected chi connectivity index (χ1v) is 5.54. The molecule has 0 unspecified atom stereocenters. The van der Waals surface area contributed by atoms with E-state index in [0.717, 1.165) is 13.1 Å². The molecular weight excluding hydrogens is 194 g/mol. The number of nitrogens with zero attached hydrogens (tertiary/aromatic N) is 1. The first kappa shape index (κ1) is 10.7. The maximum Gasteiger partial charge on any atom is 0.409 e. The van der Waals surface area contributed by atoms with Gasteiger partial charge in [0.25, 0.3) is 0 Å². The number of rotatable bonds is 2. The minimum atomic E-state index is -0.936. The third-order valence-electron chi connectivity index (χ3n) is 3.27. The van der Waals surface area contributed by atoms with Crippen LogP contribution in [0.25, 0.3) is 0 Å². The van der Waals surface area contributed by atoms with Crippen LogP contribution in [0.2, 0.25) is 0 Å². The van der Waals surface area contributed by atoms with Gasteiger partial charge in [-0.15, -0.1) is 0 Å². The summed E-state index contributed by atoms with van der Waals surface area (Å²) >= 11 is 0. The molecule has 0 bridgehead atoms. The lowest BCUT2D eigenvalue weighted by molar-refractivity contribution is -0.0660. The molecule has 1 N–H and O–H groups in total. The zero-order valence-electron chi connectivity index (χ0n) is 9.45. The van der Waals surface area contributed by atoms with Crippen molar-refractivity contribution in [3.05, 3.63) is 0 Å². The first-order chi connectivity index (χ1) is 6.90. The number of carbonyl (C=O) groups is 1. The second kappa shape index (κ2) is 3.37. The Bertz CT molecular complexity index is 257. The van der Waals surface area contributed by atoms with Crippen LogP contribution in [-0.2, 0) is 4.74 Å². The van der Waals surface area contributed by atoms with Crippen molar-refractivity contribution in [2.45, 2.75) is 38.7 Å². The van der Waals surface area contributed by atoms with E-state index in [0.29, 0.717) is 5.41 Å². The molecule has 0 atom stereocenters. The lowest BCUT2D eigenvalue weighted by atomic mass is 9.64. The standard InChI is InChI=1S/C11H19NO3/c1-10(2,14)8-15-9(13)12-6-11(7-12)4-3-5-11/h14H,3-8H2,1-2H3. The molecule has 0 aromatic carbocycles. The van der Waals surface area contributed by atoms with E-state index < -0.39 is 5.60 Å². The second-order valence-electron chi connectivity index (χ2n) is 5.58. The van der Waals surface area contributed by atoms with Crippen molar-refractivity contribution < 1.29 is 14.6 Å². The van der Waals surface area contributed by atoms with Crippen molar-refractivity contribution in [3.8, 4) is 0 Å². The minimum absolute atomic E-state index is 0.0648. The average Bonchev–Trinajstić information content (AvgIpc) is 1.93. The van der Waals surface area contributed by atoms with Crippen LogP contribution in [0, 0.1) is 5.41 Å². The molecule has 2 aliphatic rings. The molecule has 1 amide bonds. The second-order valence-corrected chi connectivity index (χ2v) is 5.58. The molecule has 0 radical (unpaired) electrons. The Balaban J connectivity index is 1.70. The molecular formula is C11H19NO3. The van der Waals surface area contributed by atoms with Gasteiger partial charge in [-0.25, -0.2) is 4.79 Å². The van der Waals surface area contributed by atoms with E-state index in [1.165, 1.54) is 19.3 Å². The Morgan fingerprint density at radius 3 is 2.47 bits per heavy atom.